The minimum absolute atomic E-state index is 0.200. The normalized spacial score (nSPS) is 11.1. The zero-order valence-electron chi connectivity index (χ0n) is 11.5. The molecular weight excluding hydrogens is 318 g/mol. The Morgan fingerprint density at radius 2 is 2.14 bits per heavy atom. The molecule has 0 bridgehead atoms. The van der Waals surface area contributed by atoms with Gasteiger partial charge in [-0.25, -0.2) is 5.43 Å². The van der Waals surface area contributed by atoms with Crippen molar-refractivity contribution in [3.63, 3.8) is 0 Å². The average Bonchev–Trinajstić information content (AvgIpc) is 2.91. The highest BCUT2D eigenvalue weighted by molar-refractivity contribution is 7.13. The van der Waals surface area contributed by atoms with E-state index >= 15 is 0 Å². The Balaban J connectivity index is 1.63. The van der Waals surface area contributed by atoms with E-state index in [1.807, 2.05) is 36.4 Å². The maximum absolute atomic E-state index is 11.9. The first-order chi connectivity index (χ1) is 10.7. The van der Waals surface area contributed by atoms with Crippen LogP contribution in [-0.2, 0) is 11.2 Å². The lowest BCUT2D eigenvalue weighted by Gasteiger charge is -1.98. The predicted molar refractivity (Wildman–Crippen MR) is 90.5 cm³/mol. The molecule has 3 rings (SSSR count). The van der Waals surface area contributed by atoms with Crippen LogP contribution in [0, 0.1) is 0 Å². The van der Waals surface area contributed by atoms with Crippen LogP contribution in [0.25, 0.3) is 10.1 Å². The van der Waals surface area contributed by atoms with Crippen molar-refractivity contribution in [2.24, 2.45) is 5.10 Å². The second kappa shape index (κ2) is 6.68. The molecule has 3 aromatic rings. The fourth-order valence-electron chi connectivity index (χ4n) is 2.02. The van der Waals surface area contributed by atoms with Gasteiger partial charge in [-0.05, 0) is 35.3 Å². The van der Waals surface area contributed by atoms with Gasteiger partial charge < -0.3 is 0 Å². The van der Waals surface area contributed by atoms with E-state index in [2.05, 4.69) is 14.9 Å². The smallest absolute Gasteiger partial charge is 0.246 e. The fourth-order valence-corrected chi connectivity index (χ4v) is 3.02. The number of hydrazone groups is 1. The zero-order valence-corrected chi connectivity index (χ0v) is 13.1. The molecule has 0 unspecified atom stereocenters. The zero-order chi connectivity index (χ0) is 15.4. The third-order valence-corrected chi connectivity index (χ3v) is 4.13. The number of halogens is 1. The summed E-state index contributed by atoms with van der Waals surface area (Å²) in [6.07, 6.45) is 1.76. The van der Waals surface area contributed by atoms with Crippen LogP contribution in [0.15, 0.2) is 53.6 Å². The van der Waals surface area contributed by atoms with Crippen LogP contribution in [0.2, 0.25) is 5.02 Å². The Bertz CT molecular complexity index is 844. The lowest BCUT2D eigenvalue weighted by Crippen LogP contribution is -2.20. The van der Waals surface area contributed by atoms with Gasteiger partial charge in [-0.2, -0.15) is 9.47 Å². The summed E-state index contributed by atoms with van der Waals surface area (Å²) >= 11 is 7.28. The van der Waals surface area contributed by atoms with Gasteiger partial charge in [0.15, 0.2) is 0 Å². The molecule has 0 spiro atoms. The minimum atomic E-state index is -0.200. The highest BCUT2D eigenvalue weighted by Crippen LogP contribution is 2.22. The van der Waals surface area contributed by atoms with E-state index in [9.17, 15) is 4.79 Å². The summed E-state index contributed by atoms with van der Waals surface area (Å²) < 4.78 is 5.40. The van der Waals surface area contributed by atoms with Gasteiger partial charge in [0.05, 0.1) is 23.0 Å². The second-order valence-corrected chi connectivity index (χ2v) is 5.89. The third-order valence-electron chi connectivity index (χ3n) is 3.03. The standard InChI is InChI=1S/C16H12ClN3OS/c17-12-5-3-4-11(8-12)10-18-19-16(21)9-14-13-6-1-2-7-15(13)22-20-14/h1-8,10H,9H2,(H,19,21)/b18-10+. The van der Waals surface area contributed by atoms with Gasteiger partial charge in [0.2, 0.25) is 5.91 Å². The number of nitrogens with zero attached hydrogens (tertiary/aromatic N) is 2. The molecule has 1 heterocycles. The Kier molecular flexibility index (Phi) is 4.46. The molecule has 110 valence electrons. The summed E-state index contributed by atoms with van der Waals surface area (Å²) in [7, 11) is 0. The first-order valence-electron chi connectivity index (χ1n) is 6.63. The molecule has 0 aliphatic carbocycles. The number of hydrogen-bond acceptors (Lipinski definition) is 4. The molecule has 0 aliphatic rings. The Morgan fingerprint density at radius 1 is 1.27 bits per heavy atom. The molecule has 0 aliphatic heterocycles. The Hall–Kier alpha value is -2.24. The van der Waals surface area contributed by atoms with Crippen molar-refractivity contribution in [1.82, 2.24) is 9.80 Å². The van der Waals surface area contributed by atoms with Crippen LogP contribution in [0.5, 0.6) is 0 Å². The molecule has 1 aromatic heterocycles. The van der Waals surface area contributed by atoms with Crippen molar-refractivity contribution < 1.29 is 4.79 Å². The van der Waals surface area contributed by atoms with Gasteiger partial charge in [-0.15, -0.1) is 0 Å². The van der Waals surface area contributed by atoms with Crippen LogP contribution in [0.3, 0.4) is 0 Å². The lowest BCUT2D eigenvalue weighted by molar-refractivity contribution is -0.120. The number of benzene rings is 2. The number of nitrogens with one attached hydrogen (secondary N) is 1. The summed E-state index contributed by atoms with van der Waals surface area (Å²) in [5, 5.41) is 5.58. The third kappa shape index (κ3) is 3.50. The minimum Gasteiger partial charge on any atom is -0.273 e. The van der Waals surface area contributed by atoms with Crippen LogP contribution < -0.4 is 5.43 Å². The number of fused-ring (bicyclic) bond motifs is 1. The van der Waals surface area contributed by atoms with Gasteiger partial charge in [0.25, 0.3) is 0 Å². The van der Waals surface area contributed by atoms with E-state index in [0.29, 0.717) is 5.02 Å². The largest absolute Gasteiger partial charge is 0.273 e. The first-order valence-corrected chi connectivity index (χ1v) is 7.78. The number of carbonyl (C=O) groups excluding carboxylic acids is 1. The molecule has 0 radical (unpaired) electrons. The van der Waals surface area contributed by atoms with Crippen LogP contribution >= 0.6 is 23.1 Å². The highest BCUT2D eigenvalue weighted by Gasteiger charge is 2.09. The molecule has 0 saturated heterocycles. The summed E-state index contributed by atoms with van der Waals surface area (Å²) in [5.41, 5.74) is 4.11. The molecule has 1 N–H and O–H groups in total. The number of hydrogen-bond donors (Lipinski definition) is 1. The summed E-state index contributed by atoms with van der Waals surface area (Å²) in [5.74, 6) is -0.200. The van der Waals surface area contributed by atoms with Crippen LogP contribution in [0.1, 0.15) is 11.3 Å². The van der Waals surface area contributed by atoms with Gasteiger partial charge in [0.1, 0.15) is 0 Å². The SMILES string of the molecule is O=C(Cc1nsc2ccccc12)N/N=C/c1cccc(Cl)c1. The van der Waals surface area contributed by atoms with E-state index in [-0.39, 0.29) is 12.3 Å². The Labute approximate surface area is 136 Å². The van der Waals surface area contributed by atoms with Gasteiger partial charge in [0, 0.05) is 10.4 Å². The molecule has 0 atom stereocenters. The number of rotatable bonds is 4. The summed E-state index contributed by atoms with van der Waals surface area (Å²) in [6.45, 7) is 0. The molecule has 4 nitrogen and oxygen atoms in total. The highest BCUT2D eigenvalue weighted by atomic mass is 35.5. The second-order valence-electron chi connectivity index (χ2n) is 4.65. The van der Waals surface area contributed by atoms with Crippen molar-refractivity contribution in [3.8, 4) is 0 Å². The van der Waals surface area contributed by atoms with E-state index in [1.165, 1.54) is 11.5 Å². The molecule has 2 aromatic carbocycles. The predicted octanol–water partition coefficient (Wildman–Crippen LogP) is 3.64. The van der Waals surface area contributed by atoms with Crippen molar-refractivity contribution in [3.05, 3.63) is 64.8 Å². The van der Waals surface area contributed by atoms with E-state index < -0.39 is 0 Å². The quantitative estimate of drug-likeness (QED) is 0.587. The molecule has 0 saturated carbocycles. The number of aromatic nitrogens is 1. The van der Waals surface area contributed by atoms with Crippen molar-refractivity contribution in [2.45, 2.75) is 6.42 Å². The maximum Gasteiger partial charge on any atom is 0.246 e. The molecular formula is C16H12ClN3OS. The van der Waals surface area contributed by atoms with Crippen LogP contribution in [-0.4, -0.2) is 16.5 Å². The van der Waals surface area contributed by atoms with Gasteiger partial charge in [-0.3, -0.25) is 4.79 Å². The fraction of sp³-hybridized carbons (Fsp3) is 0.0625. The molecule has 0 fully saturated rings. The van der Waals surface area contributed by atoms with Crippen LogP contribution in [0.4, 0.5) is 0 Å². The van der Waals surface area contributed by atoms with Crippen molar-refractivity contribution in [1.29, 1.82) is 0 Å². The van der Waals surface area contributed by atoms with E-state index in [4.69, 9.17) is 11.6 Å². The van der Waals surface area contributed by atoms with Crippen molar-refractivity contribution in [2.75, 3.05) is 0 Å². The molecule has 22 heavy (non-hydrogen) atoms. The lowest BCUT2D eigenvalue weighted by atomic mass is 10.2. The summed E-state index contributed by atoms with van der Waals surface area (Å²) in [4.78, 5) is 11.9. The van der Waals surface area contributed by atoms with E-state index in [1.54, 1.807) is 18.3 Å². The molecule has 6 heteroatoms. The molecule has 1 amide bonds. The first kappa shape index (κ1) is 14.7. The van der Waals surface area contributed by atoms with Gasteiger partial charge in [-0.1, -0.05) is 41.9 Å². The van der Waals surface area contributed by atoms with E-state index in [0.717, 1.165) is 21.3 Å². The average molecular weight is 330 g/mol. The number of amides is 1. The van der Waals surface area contributed by atoms with Crippen molar-refractivity contribution >= 4 is 45.3 Å². The summed E-state index contributed by atoms with van der Waals surface area (Å²) in [6, 6.07) is 15.1. The number of carbonyl (C=O) groups is 1. The monoisotopic (exact) mass is 329 g/mol. The Morgan fingerprint density at radius 3 is 3.00 bits per heavy atom. The van der Waals surface area contributed by atoms with Gasteiger partial charge >= 0.3 is 0 Å². The maximum atomic E-state index is 11.9. The topological polar surface area (TPSA) is 54.4 Å².